The van der Waals surface area contributed by atoms with Gasteiger partial charge in [0.05, 0.1) is 30.1 Å². The summed E-state index contributed by atoms with van der Waals surface area (Å²) in [4.78, 5) is 72.9. The first-order valence-electron chi connectivity index (χ1n) is 21.6. The van der Waals surface area contributed by atoms with Crippen molar-refractivity contribution in [2.24, 2.45) is 10.8 Å². The number of aliphatic hydroxyl groups is 1. The summed E-state index contributed by atoms with van der Waals surface area (Å²) in [5, 5.41) is 31.2. The Morgan fingerprint density at radius 3 is 2.14 bits per heavy atom. The van der Waals surface area contributed by atoms with Gasteiger partial charge < -0.3 is 30.6 Å². The second-order valence-corrected chi connectivity index (χ2v) is 19.5. The van der Waals surface area contributed by atoms with Gasteiger partial charge in [0, 0.05) is 61.3 Å². The number of nitrogens with one attached hydrogen (secondary N) is 2. The number of thiazole rings is 1. The summed E-state index contributed by atoms with van der Waals surface area (Å²) in [6, 6.07) is 23.1. The molecule has 5 atom stereocenters. The first-order chi connectivity index (χ1) is 30.4. The molecule has 0 unspecified atom stereocenters. The van der Waals surface area contributed by atoms with Gasteiger partial charge in [0.2, 0.25) is 11.8 Å². The van der Waals surface area contributed by atoms with Gasteiger partial charge in [0.15, 0.2) is 0 Å². The molecule has 1 saturated heterocycles. The quantitative estimate of drug-likeness (QED) is 0.0754. The Balaban J connectivity index is 1.24. The van der Waals surface area contributed by atoms with Crippen LogP contribution in [-0.4, -0.2) is 114 Å². The number of pyridine rings is 2. The average molecular weight is 889 g/mol. The summed E-state index contributed by atoms with van der Waals surface area (Å²) in [6.45, 7) is 12.2. The van der Waals surface area contributed by atoms with Gasteiger partial charge in [-0.25, -0.2) is 14.6 Å². The Bertz CT molecular complexity index is 2330. The van der Waals surface area contributed by atoms with Crippen LogP contribution < -0.4 is 10.6 Å². The van der Waals surface area contributed by atoms with E-state index in [1.165, 1.54) is 18.4 Å². The Labute approximate surface area is 379 Å². The second-order valence-electron chi connectivity index (χ2n) is 18.6. The number of carboxylic acid groups (broad SMARTS) is 1. The van der Waals surface area contributed by atoms with E-state index in [-0.39, 0.29) is 25.4 Å². The molecule has 0 bridgehead atoms. The van der Waals surface area contributed by atoms with Gasteiger partial charge in [-0.1, -0.05) is 102 Å². The van der Waals surface area contributed by atoms with Crippen LogP contribution in [0.1, 0.15) is 64.8 Å². The lowest BCUT2D eigenvalue weighted by molar-refractivity contribution is -0.131. The van der Waals surface area contributed by atoms with Gasteiger partial charge in [-0.2, -0.15) is 0 Å². The molecule has 14 nitrogen and oxygen atoms in total. The third-order valence-electron chi connectivity index (χ3n) is 11.4. The van der Waals surface area contributed by atoms with Crippen molar-refractivity contribution in [3.8, 4) is 21.8 Å². The maximum atomic E-state index is 14.7. The molecule has 0 spiro atoms. The fourth-order valence-corrected chi connectivity index (χ4v) is 9.22. The summed E-state index contributed by atoms with van der Waals surface area (Å²) in [7, 11) is 1.37. The zero-order valence-corrected chi connectivity index (χ0v) is 38.5. The van der Waals surface area contributed by atoms with Gasteiger partial charge in [-0.15, -0.1) is 11.3 Å². The summed E-state index contributed by atoms with van der Waals surface area (Å²) in [5.41, 5.74) is 3.66. The van der Waals surface area contributed by atoms with Crippen LogP contribution in [0, 0.1) is 10.8 Å². The fraction of sp³-hybridized carbons (Fsp3) is 0.408. The van der Waals surface area contributed by atoms with Crippen molar-refractivity contribution in [3.05, 3.63) is 126 Å². The number of carbonyl (C=O) groups excluding carboxylic acids is 3. The Kier molecular flexibility index (Phi) is 15.2. The van der Waals surface area contributed by atoms with E-state index in [4.69, 9.17) is 4.98 Å². The van der Waals surface area contributed by atoms with Gasteiger partial charge in [-0.05, 0) is 65.5 Å². The number of aliphatic hydroxyl groups excluding tert-OH is 1. The van der Waals surface area contributed by atoms with E-state index in [1.54, 1.807) is 49.2 Å². The zero-order valence-electron chi connectivity index (χ0n) is 37.6. The largest absolute Gasteiger partial charge is 0.465 e. The van der Waals surface area contributed by atoms with Gasteiger partial charge >= 0.3 is 12.1 Å². The summed E-state index contributed by atoms with van der Waals surface area (Å²) >= 11 is 1.48. The highest BCUT2D eigenvalue weighted by atomic mass is 32.1. The molecule has 3 aromatic heterocycles. The van der Waals surface area contributed by atoms with Crippen molar-refractivity contribution in [1.82, 2.24) is 40.3 Å². The summed E-state index contributed by atoms with van der Waals surface area (Å²) in [6.07, 6.45) is 3.35. The van der Waals surface area contributed by atoms with Crippen LogP contribution in [0.25, 0.3) is 21.8 Å². The number of rotatable bonds is 17. The number of amides is 5. The van der Waals surface area contributed by atoms with Gasteiger partial charge in [0.25, 0.3) is 0 Å². The smallest absolute Gasteiger partial charge is 0.407 e. The lowest BCUT2D eigenvalue weighted by atomic mass is 9.84. The molecule has 0 saturated carbocycles. The molecule has 1 aliphatic heterocycles. The van der Waals surface area contributed by atoms with Crippen molar-refractivity contribution >= 4 is 35.3 Å². The predicted octanol–water partition coefficient (Wildman–Crippen LogP) is 7.15. The number of hydrogen-bond donors (Lipinski definition) is 4. The highest BCUT2D eigenvalue weighted by Crippen LogP contribution is 2.31. The van der Waals surface area contributed by atoms with Crippen LogP contribution in [0.2, 0.25) is 0 Å². The molecule has 0 radical (unpaired) electrons. The maximum Gasteiger partial charge on any atom is 0.407 e. The zero-order chi connectivity index (χ0) is 46.2. The van der Waals surface area contributed by atoms with Gasteiger partial charge in [-0.3, -0.25) is 24.5 Å². The third-order valence-corrected chi connectivity index (χ3v) is 12.4. The lowest BCUT2D eigenvalue weighted by Crippen LogP contribution is -2.59. The van der Waals surface area contributed by atoms with Crippen LogP contribution in [0.15, 0.2) is 109 Å². The van der Waals surface area contributed by atoms with E-state index in [9.17, 15) is 29.4 Å². The van der Waals surface area contributed by atoms with E-state index in [0.29, 0.717) is 19.5 Å². The minimum atomic E-state index is -1.24. The molecule has 4 heterocycles. The second kappa shape index (κ2) is 20.5. The van der Waals surface area contributed by atoms with Crippen LogP contribution in [0.3, 0.4) is 0 Å². The van der Waals surface area contributed by atoms with E-state index in [2.05, 4.69) is 20.6 Å². The van der Waals surface area contributed by atoms with Crippen LogP contribution in [0.4, 0.5) is 9.59 Å². The first kappa shape index (κ1) is 47.3. The van der Waals surface area contributed by atoms with Crippen molar-refractivity contribution in [3.63, 3.8) is 0 Å². The number of carbonyl (C=O) groups is 4. The van der Waals surface area contributed by atoms with Crippen LogP contribution in [0.5, 0.6) is 0 Å². The molecule has 5 amide bonds. The summed E-state index contributed by atoms with van der Waals surface area (Å²) in [5.74, 6) is -0.907. The molecule has 4 N–H and O–H groups in total. The minimum Gasteiger partial charge on any atom is -0.465 e. The number of aromatic nitrogens is 3. The van der Waals surface area contributed by atoms with Crippen molar-refractivity contribution in [1.29, 1.82) is 0 Å². The minimum absolute atomic E-state index is 0.0183. The average Bonchev–Trinajstić information content (AvgIpc) is 3.87. The van der Waals surface area contributed by atoms with Crippen LogP contribution >= 0.6 is 11.3 Å². The van der Waals surface area contributed by atoms with E-state index >= 15 is 0 Å². The monoisotopic (exact) mass is 888 g/mol. The Hall–Kier alpha value is -6.19. The highest BCUT2D eigenvalue weighted by Gasteiger charge is 2.45. The highest BCUT2D eigenvalue weighted by molar-refractivity contribution is 7.13. The number of urea groups is 1. The standard InChI is InChI=1S/C49H60N8O6S/c1-48(2,3)41(55(7)47(62)63)43(59)52-36(26-33-18-20-34(21-19-33)38-17-11-12-23-51-38)28-40(58)39(27-32-14-9-8-10-15-32)54-44(60)42(49(4,5)6)57-25-24-56(46(57)61)30-37-31-64-45(53-37)35-16-13-22-50-29-35/h8-23,29,31,36,39-42,58H,24-28,30H2,1-7H3,(H,52,59)(H,54,60)(H,62,63)/t36-,39-,40-,41+,42+/m0/s1. The summed E-state index contributed by atoms with van der Waals surface area (Å²) < 4.78 is 0. The molecule has 1 fully saturated rings. The molecule has 64 heavy (non-hydrogen) atoms. The fourth-order valence-electron chi connectivity index (χ4n) is 8.42. The van der Waals surface area contributed by atoms with E-state index in [1.807, 2.05) is 111 Å². The Morgan fingerprint density at radius 2 is 1.52 bits per heavy atom. The molecule has 1 aliphatic rings. The maximum absolute atomic E-state index is 14.7. The number of hydrogen-bond acceptors (Lipinski definition) is 9. The molecule has 6 rings (SSSR count). The van der Waals surface area contributed by atoms with Crippen LogP contribution in [-0.2, 0) is 29.0 Å². The first-order valence-corrected chi connectivity index (χ1v) is 22.5. The van der Waals surface area contributed by atoms with Crippen molar-refractivity contribution in [2.75, 3.05) is 20.1 Å². The molecular formula is C49H60N8O6S. The van der Waals surface area contributed by atoms with Gasteiger partial charge in [0.1, 0.15) is 17.1 Å². The molecule has 2 aromatic carbocycles. The van der Waals surface area contributed by atoms with E-state index in [0.717, 1.165) is 43.5 Å². The number of nitrogens with zero attached hydrogens (tertiary/aromatic N) is 6. The number of likely N-dealkylation sites (N-methyl/N-ethyl adjacent to an activating group) is 1. The van der Waals surface area contributed by atoms with Crippen molar-refractivity contribution < 1.29 is 29.4 Å². The molecule has 338 valence electrons. The normalized spacial score (nSPS) is 15.5. The predicted molar refractivity (Wildman–Crippen MR) is 248 cm³/mol. The number of benzene rings is 2. The van der Waals surface area contributed by atoms with E-state index < -0.39 is 59.0 Å². The van der Waals surface area contributed by atoms with Crippen molar-refractivity contribution in [2.45, 2.75) is 97.6 Å². The molecule has 5 aromatic rings. The lowest BCUT2D eigenvalue weighted by Gasteiger charge is -2.38. The molecule has 0 aliphatic carbocycles. The third kappa shape index (κ3) is 12.1. The molecule has 15 heteroatoms. The Morgan fingerprint density at radius 1 is 0.812 bits per heavy atom. The topological polar surface area (TPSA) is 181 Å². The molecular weight excluding hydrogens is 829 g/mol. The SMILES string of the molecule is CN(C(=O)O)[C@H](C(=O)N[C@@H](Cc1ccc(-c2ccccn2)cc1)C[C@H](O)[C@H](Cc1ccccc1)NC(=O)[C@@H](N1CCN(Cc2csc(-c3cccnc3)n2)C1=O)C(C)(C)C)C(C)(C)C.